The molecule has 2 aliphatic heterocycles. The van der Waals surface area contributed by atoms with E-state index in [0.717, 1.165) is 18.4 Å². The van der Waals surface area contributed by atoms with Crippen LogP contribution in [0.1, 0.15) is 71.9 Å². The average Bonchev–Trinajstić information content (AvgIpc) is 3.26. The number of carbonyl (C=O) groups is 2. The molecule has 3 N–H and O–H groups in total. The minimum absolute atomic E-state index is 0.00196. The van der Waals surface area contributed by atoms with Crippen LogP contribution in [0.4, 0.5) is 4.39 Å². The number of ketones is 1. The van der Waals surface area contributed by atoms with Crippen LogP contribution in [0.5, 0.6) is 0 Å². The summed E-state index contributed by atoms with van der Waals surface area (Å²) in [5, 5.41) is 36.1. The van der Waals surface area contributed by atoms with Gasteiger partial charge in [0, 0.05) is 42.1 Å². The number of Topliss-reactive ketones (excluding diaryl/α,β-unsaturated/α-hetero) is 1. The molecule has 1 aromatic carbocycles. The minimum Gasteiger partial charge on any atom is -0.458 e. The van der Waals surface area contributed by atoms with Gasteiger partial charge in [0.1, 0.15) is 23.4 Å². The van der Waals surface area contributed by atoms with Crippen LogP contribution in [0.25, 0.3) is 17.4 Å². The fourth-order valence-electron chi connectivity index (χ4n) is 7.49. The molecule has 3 fully saturated rings. The number of nitrogens with zero attached hydrogens (tertiary/aromatic N) is 2. The Hall–Kier alpha value is -2.92. The van der Waals surface area contributed by atoms with E-state index in [2.05, 4.69) is 17.0 Å². The molecule has 43 heavy (non-hydrogen) atoms. The first-order chi connectivity index (χ1) is 20.4. The van der Waals surface area contributed by atoms with Crippen molar-refractivity contribution < 1.29 is 38.6 Å². The summed E-state index contributed by atoms with van der Waals surface area (Å²) in [6.07, 6.45) is 1.86. The van der Waals surface area contributed by atoms with Gasteiger partial charge < -0.3 is 24.6 Å². The van der Waals surface area contributed by atoms with Crippen molar-refractivity contribution in [3.05, 3.63) is 47.4 Å². The molecule has 1 saturated carbocycles. The number of rotatable bonds is 5. The molecule has 1 unspecified atom stereocenters. The molecular formula is C33H43FN2O7. The molecule has 0 spiro atoms. The zero-order chi connectivity index (χ0) is 31.1. The van der Waals surface area contributed by atoms with Crippen LogP contribution >= 0.6 is 0 Å². The summed E-state index contributed by atoms with van der Waals surface area (Å²) in [6, 6.07) is 7.67. The Morgan fingerprint density at radius 2 is 1.93 bits per heavy atom. The van der Waals surface area contributed by atoms with Crippen molar-refractivity contribution in [1.82, 2.24) is 10.1 Å². The molecule has 9 nitrogen and oxygen atoms in total. The Morgan fingerprint density at radius 1 is 1.21 bits per heavy atom. The van der Waals surface area contributed by atoms with Crippen LogP contribution in [0, 0.1) is 23.1 Å². The summed E-state index contributed by atoms with van der Waals surface area (Å²) in [6.45, 7) is 7.88. The number of aliphatic hydroxyl groups is 3. The van der Waals surface area contributed by atoms with E-state index >= 15 is 0 Å². The number of benzene rings is 1. The number of carbonyl (C=O) groups excluding carboxylic acids is 2. The Labute approximate surface area is 251 Å². The number of β-amino-alcohol motifs (C(OH)–C–C–N with tert-alkyl or cyclic N) is 1. The van der Waals surface area contributed by atoms with Gasteiger partial charge in [0.25, 0.3) is 0 Å². The van der Waals surface area contributed by atoms with Gasteiger partial charge in [-0.25, -0.2) is 4.39 Å². The molecule has 2 bridgehead atoms. The molecular weight excluding hydrogens is 555 g/mol. The van der Waals surface area contributed by atoms with E-state index in [-0.39, 0.29) is 42.1 Å². The third-order valence-corrected chi connectivity index (χ3v) is 10.3. The van der Waals surface area contributed by atoms with Crippen LogP contribution in [-0.2, 0) is 14.3 Å². The number of hydrogen-bond acceptors (Lipinski definition) is 9. The molecule has 5 rings (SSSR count). The van der Waals surface area contributed by atoms with Crippen LogP contribution in [-0.4, -0.2) is 80.2 Å². The van der Waals surface area contributed by atoms with Gasteiger partial charge in [-0.1, -0.05) is 25.4 Å². The molecule has 2 aromatic rings. The molecule has 1 aromatic heterocycles. The first-order valence-corrected chi connectivity index (χ1v) is 15.3. The van der Waals surface area contributed by atoms with Crippen molar-refractivity contribution in [1.29, 1.82) is 0 Å². The zero-order valence-corrected chi connectivity index (χ0v) is 25.3. The second-order valence-electron chi connectivity index (χ2n) is 13.2. The lowest BCUT2D eigenvalue weighted by molar-refractivity contribution is -0.161. The lowest BCUT2D eigenvalue weighted by Crippen LogP contribution is -2.54. The van der Waals surface area contributed by atoms with Gasteiger partial charge in [-0.05, 0) is 74.9 Å². The van der Waals surface area contributed by atoms with Crippen molar-refractivity contribution >= 4 is 17.8 Å². The van der Waals surface area contributed by atoms with Gasteiger partial charge in [-0.2, -0.15) is 0 Å². The lowest BCUT2D eigenvalue weighted by Gasteiger charge is -2.45. The molecule has 0 radical (unpaired) electrons. The first kappa shape index (κ1) is 31.5. The van der Waals surface area contributed by atoms with Crippen molar-refractivity contribution in [2.45, 2.75) is 96.1 Å². The van der Waals surface area contributed by atoms with Gasteiger partial charge in [-0.15, -0.1) is 0 Å². The van der Waals surface area contributed by atoms with Gasteiger partial charge >= 0.3 is 5.97 Å². The van der Waals surface area contributed by atoms with Gasteiger partial charge in [0.15, 0.2) is 5.76 Å². The smallest absolute Gasteiger partial charge is 0.309 e. The van der Waals surface area contributed by atoms with Crippen LogP contribution in [0.15, 0.2) is 40.4 Å². The molecule has 2 saturated heterocycles. The van der Waals surface area contributed by atoms with E-state index in [0.29, 0.717) is 42.8 Å². The Balaban J connectivity index is 1.42. The average molecular weight is 599 g/mol. The molecule has 10 heteroatoms. The zero-order valence-electron chi connectivity index (χ0n) is 25.3. The van der Waals surface area contributed by atoms with E-state index < -0.39 is 35.6 Å². The standard InChI is InChI=1S/C33H43FN2O7/c1-19(14-24-15-26(43-35-24)21-7-9-23(34)10-8-21)25-16-27-33(4,36(27)12-13-37)11-5-6-22-18-32(3,28(38)17-29(39)42-25)31(41)20(2)30(22)40/h7-10,14-15,20,22,25,27-28,30,37-38,40H,5-6,11-13,16-18H2,1-4H3/b19-14+/t20-,22-,25+,27+,28+,30-,32-,33-,36?/m1/s1. The third kappa shape index (κ3) is 6.20. The summed E-state index contributed by atoms with van der Waals surface area (Å²) in [5.74, 6) is -1.54. The van der Waals surface area contributed by atoms with E-state index in [1.807, 2.05) is 6.92 Å². The quantitative estimate of drug-likeness (QED) is 0.343. The normalized spacial score (nSPS) is 37.3. The SMILES string of the molecule is C/C(=C\c1cc(-c2ccc(F)cc2)on1)[C@@H]1C[C@@H]2N(CCO)[C@]2(C)CCC[C@@H]2C[C@@](C)(C(=O)[C@H](C)[C@H]2O)[C@@H](O)CC(=O)O1. The predicted molar refractivity (Wildman–Crippen MR) is 157 cm³/mol. The Morgan fingerprint density at radius 3 is 2.63 bits per heavy atom. The van der Waals surface area contributed by atoms with Crippen LogP contribution in [0.2, 0.25) is 0 Å². The molecule has 1 aliphatic carbocycles. The number of halogens is 1. The van der Waals surface area contributed by atoms with Crippen LogP contribution < -0.4 is 0 Å². The second kappa shape index (κ2) is 12.2. The Bertz CT molecular complexity index is 1360. The molecule has 9 atom stereocenters. The second-order valence-corrected chi connectivity index (χ2v) is 13.2. The van der Waals surface area contributed by atoms with Gasteiger partial charge in [-0.3, -0.25) is 14.5 Å². The van der Waals surface area contributed by atoms with Crippen molar-refractivity contribution in [3.63, 3.8) is 0 Å². The number of ether oxygens (including phenoxy) is 1. The highest BCUT2D eigenvalue weighted by Crippen LogP contribution is 2.50. The topological polar surface area (TPSA) is 133 Å². The summed E-state index contributed by atoms with van der Waals surface area (Å²) in [5.41, 5.74) is 0.526. The highest BCUT2D eigenvalue weighted by molar-refractivity contribution is 5.89. The molecule has 0 amide bonds. The summed E-state index contributed by atoms with van der Waals surface area (Å²) in [7, 11) is 0. The van der Waals surface area contributed by atoms with Gasteiger partial charge in [0.05, 0.1) is 30.7 Å². The van der Waals surface area contributed by atoms with Crippen molar-refractivity contribution in [3.8, 4) is 11.3 Å². The number of aliphatic hydroxyl groups excluding tert-OH is 3. The van der Waals surface area contributed by atoms with Gasteiger partial charge in [0.2, 0.25) is 0 Å². The number of cyclic esters (lactones) is 1. The molecule has 234 valence electrons. The Kier molecular flexibility index (Phi) is 8.96. The fraction of sp³-hybridized carbons (Fsp3) is 0.606. The number of hydrogen-bond donors (Lipinski definition) is 3. The largest absolute Gasteiger partial charge is 0.458 e. The monoisotopic (exact) mass is 598 g/mol. The lowest BCUT2D eigenvalue weighted by atomic mass is 9.60. The fourth-order valence-corrected chi connectivity index (χ4v) is 7.49. The molecule has 3 aliphatic rings. The highest BCUT2D eigenvalue weighted by atomic mass is 19.1. The number of aromatic nitrogens is 1. The maximum Gasteiger partial charge on any atom is 0.309 e. The number of fused-ring (bicyclic) bond motifs is 3. The third-order valence-electron chi connectivity index (χ3n) is 10.3. The molecule has 3 heterocycles. The van der Waals surface area contributed by atoms with Crippen molar-refractivity contribution in [2.75, 3.05) is 13.2 Å². The summed E-state index contributed by atoms with van der Waals surface area (Å²) in [4.78, 5) is 28.9. The summed E-state index contributed by atoms with van der Waals surface area (Å²) >= 11 is 0. The van der Waals surface area contributed by atoms with E-state index in [4.69, 9.17) is 9.26 Å². The maximum atomic E-state index is 13.4. The maximum absolute atomic E-state index is 13.4. The number of esters is 1. The van der Waals surface area contributed by atoms with E-state index in [1.165, 1.54) is 12.1 Å². The summed E-state index contributed by atoms with van der Waals surface area (Å²) < 4.78 is 24.9. The predicted octanol–water partition coefficient (Wildman–Crippen LogP) is 4.15. The first-order valence-electron chi connectivity index (χ1n) is 15.3. The van der Waals surface area contributed by atoms with Crippen LogP contribution in [0.3, 0.4) is 0 Å². The van der Waals surface area contributed by atoms with E-state index in [9.17, 15) is 29.3 Å². The van der Waals surface area contributed by atoms with Crippen molar-refractivity contribution in [2.24, 2.45) is 17.3 Å². The highest BCUT2D eigenvalue weighted by Gasteiger charge is 2.59. The minimum atomic E-state index is -1.25. The van der Waals surface area contributed by atoms with E-state index in [1.54, 1.807) is 38.1 Å².